The van der Waals surface area contributed by atoms with Crippen LogP contribution in [0.25, 0.3) is 0 Å². The first-order chi connectivity index (χ1) is 8.14. The molecule has 0 bridgehead atoms. The Bertz CT molecular complexity index is 303. The van der Waals surface area contributed by atoms with E-state index in [0.717, 1.165) is 12.8 Å². The van der Waals surface area contributed by atoms with Crippen molar-refractivity contribution in [2.75, 3.05) is 0 Å². The maximum absolute atomic E-state index is 12.5. The van der Waals surface area contributed by atoms with Gasteiger partial charge in [0, 0.05) is 0 Å². The van der Waals surface area contributed by atoms with E-state index in [2.05, 4.69) is 0 Å². The van der Waals surface area contributed by atoms with Crippen LogP contribution in [0.1, 0.15) is 60.8 Å². The summed E-state index contributed by atoms with van der Waals surface area (Å²) in [6, 6.07) is 0. The molecule has 1 N–H and O–H groups in total. The summed E-state index contributed by atoms with van der Waals surface area (Å²) in [6.07, 6.45) is 1.51. The standard InChI is InChI=1S/C15H28O3/c1-7-10(8-2)12(16)13(17)11-9-14(3,4)18-15(11,5)6/h10-12,16H,7-9H2,1-6H3. The molecule has 1 aliphatic heterocycles. The summed E-state index contributed by atoms with van der Waals surface area (Å²) in [4.78, 5) is 12.5. The van der Waals surface area contributed by atoms with E-state index in [1.807, 2.05) is 41.5 Å². The zero-order chi connectivity index (χ0) is 14.1. The van der Waals surface area contributed by atoms with Crippen LogP contribution in [0.15, 0.2) is 0 Å². The molecule has 3 nitrogen and oxygen atoms in total. The lowest BCUT2D eigenvalue weighted by Crippen LogP contribution is -2.41. The normalized spacial score (nSPS) is 27.4. The van der Waals surface area contributed by atoms with Crippen molar-refractivity contribution in [2.45, 2.75) is 78.1 Å². The Morgan fingerprint density at radius 1 is 1.28 bits per heavy atom. The Kier molecular flexibility index (Phi) is 4.60. The molecule has 1 aliphatic rings. The highest BCUT2D eigenvalue weighted by molar-refractivity contribution is 5.86. The molecule has 0 aromatic carbocycles. The number of ketones is 1. The van der Waals surface area contributed by atoms with Gasteiger partial charge in [0.15, 0.2) is 5.78 Å². The molecular weight excluding hydrogens is 228 g/mol. The van der Waals surface area contributed by atoms with Crippen LogP contribution in [0.2, 0.25) is 0 Å². The Morgan fingerprint density at radius 3 is 2.11 bits per heavy atom. The van der Waals surface area contributed by atoms with Crippen molar-refractivity contribution in [2.24, 2.45) is 11.8 Å². The van der Waals surface area contributed by atoms with Crippen molar-refractivity contribution >= 4 is 5.78 Å². The molecule has 2 unspecified atom stereocenters. The van der Waals surface area contributed by atoms with Crippen LogP contribution < -0.4 is 0 Å². The molecular formula is C15H28O3. The molecule has 0 radical (unpaired) electrons. The Labute approximate surface area is 111 Å². The van der Waals surface area contributed by atoms with Crippen molar-refractivity contribution in [3.63, 3.8) is 0 Å². The highest BCUT2D eigenvalue weighted by atomic mass is 16.5. The molecule has 106 valence electrons. The molecule has 0 saturated carbocycles. The summed E-state index contributed by atoms with van der Waals surface area (Å²) >= 11 is 0. The highest BCUT2D eigenvalue weighted by Gasteiger charge is 2.50. The first-order valence-electron chi connectivity index (χ1n) is 7.06. The number of aliphatic hydroxyl groups excluding tert-OH is 1. The van der Waals surface area contributed by atoms with Crippen molar-refractivity contribution in [3.05, 3.63) is 0 Å². The number of Topliss-reactive ketones (excluding diaryl/α,β-unsaturated/α-hetero) is 1. The van der Waals surface area contributed by atoms with Gasteiger partial charge in [-0.05, 0) is 40.0 Å². The highest BCUT2D eigenvalue weighted by Crippen LogP contribution is 2.43. The van der Waals surface area contributed by atoms with Crippen LogP contribution in [-0.4, -0.2) is 28.2 Å². The van der Waals surface area contributed by atoms with Gasteiger partial charge in [-0.2, -0.15) is 0 Å². The molecule has 1 saturated heterocycles. The molecule has 1 heterocycles. The second kappa shape index (κ2) is 5.30. The summed E-state index contributed by atoms with van der Waals surface area (Å²) in [6.45, 7) is 11.9. The minimum Gasteiger partial charge on any atom is -0.385 e. The van der Waals surface area contributed by atoms with E-state index in [-0.39, 0.29) is 23.2 Å². The zero-order valence-corrected chi connectivity index (χ0v) is 12.6. The Hall–Kier alpha value is -0.410. The van der Waals surface area contributed by atoms with E-state index in [9.17, 15) is 9.90 Å². The first-order valence-corrected chi connectivity index (χ1v) is 7.06. The van der Waals surface area contributed by atoms with E-state index in [0.29, 0.717) is 6.42 Å². The van der Waals surface area contributed by atoms with Crippen LogP contribution >= 0.6 is 0 Å². The fourth-order valence-electron chi connectivity index (χ4n) is 3.18. The fourth-order valence-corrected chi connectivity index (χ4v) is 3.18. The van der Waals surface area contributed by atoms with E-state index >= 15 is 0 Å². The van der Waals surface area contributed by atoms with Crippen molar-refractivity contribution in [3.8, 4) is 0 Å². The average molecular weight is 256 g/mol. The second-order valence-electron chi connectivity index (χ2n) is 6.65. The minimum absolute atomic E-state index is 0.0423. The number of carbonyl (C=O) groups is 1. The molecule has 0 aromatic rings. The predicted octanol–water partition coefficient (Wildman–Crippen LogP) is 2.95. The predicted molar refractivity (Wildman–Crippen MR) is 72.4 cm³/mol. The lowest BCUT2D eigenvalue weighted by Gasteiger charge is -2.29. The molecule has 0 aliphatic carbocycles. The van der Waals surface area contributed by atoms with Crippen LogP contribution in [-0.2, 0) is 9.53 Å². The van der Waals surface area contributed by atoms with Gasteiger partial charge in [-0.1, -0.05) is 26.7 Å². The lowest BCUT2D eigenvalue weighted by molar-refractivity contribution is -0.140. The fraction of sp³-hybridized carbons (Fsp3) is 0.933. The molecule has 2 atom stereocenters. The van der Waals surface area contributed by atoms with Gasteiger partial charge < -0.3 is 9.84 Å². The molecule has 1 rings (SSSR count). The van der Waals surface area contributed by atoms with Crippen LogP contribution in [0.3, 0.4) is 0 Å². The summed E-state index contributed by atoms with van der Waals surface area (Å²) in [5, 5.41) is 10.2. The summed E-state index contributed by atoms with van der Waals surface area (Å²) in [5.74, 6) is -0.181. The number of aliphatic hydroxyl groups is 1. The van der Waals surface area contributed by atoms with Gasteiger partial charge in [0.05, 0.1) is 17.1 Å². The lowest BCUT2D eigenvalue weighted by atomic mass is 9.79. The van der Waals surface area contributed by atoms with Gasteiger partial charge in [0.1, 0.15) is 6.10 Å². The maximum atomic E-state index is 12.5. The molecule has 0 spiro atoms. The topological polar surface area (TPSA) is 46.5 Å². The third-order valence-corrected chi connectivity index (χ3v) is 4.20. The zero-order valence-electron chi connectivity index (χ0n) is 12.6. The van der Waals surface area contributed by atoms with Gasteiger partial charge in [-0.25, -0.2) is 0 Å². The molecule has 0 amide bonds. The van der Waals surface area contributed by atoms with Gasteiger partial charge in [0.2, 0.25) is 0 Å². The maximum Gasteiger partial charge on any atom is 0.167 e. The van der Waals surface area contributed by atoms with Crippen molar-refractivity contribution in [1.29, 1.82) is 0 Å². The quantitative estimate of drug-likeness (QED) is 0.822. The smallest absolute Gasteiger partial charge is 0.167 e. The average Bonchev–Trinajstić information content (AvgIpc) is 2.47. The first kappa shape index (κ1) is 15.6. The van der Waals surface area contributed by atoms with Gasteiger partial charge >= 0.3 is 0 Å². The largest absolute Gasteiger partial charge is 0.385 e. The van der Waals surface area contributed by atoms with Gasteiger partial charge in [-0.3, -0.25) is 4.79 Å². The number of hydrogen-bond acceptors (Lipinski definition) is 3. The summed E-state index contributed by atoms with van der Waals surface area (Å²) in [7, 11) is 0. The van der Waals surface area contributed by atoms with E-state index < -0.39 is 11.7 Å². The van der Waals surface area contributed by atoms with Crippen molar-refractivity contribution in [1.82, 2.24) is 0 Å². The Morgan fingerprint density at radius 2 is 1.78 bits per heavy atom. The SMILES string of the molecule is CCC(CC)C(O)C(=O)C1CC(C)(C)OC1(C)C. The van der Waals surface area contributed by atoms with Crippen molar-refractivity contribution < 1.29 is 14.6 Å². The molecule has 3 heteroatoms. The van der Waals surface area contributed by atoms with Crippen LogP contribution in [0, 0.1) is 11.8 Å². The summed E-state index contributed by atoms with van der Waals surface area (Å²) < 4.78 is 5.94. The number of ether oxygens (including phenoxy) is 1. The molecule has 1 fully saturated rings. The van der Waals surface area contributed by atoms with E-state index in [1.165, 1.54) is 0 Å². The van der Waals surface area contributed by atoms with Gasteiger partial charge in [0.25, 0.3) is 0 Å². The van der Waals surface area contributed by atoms with E-state index in [1.54, 1.807) is 0 Å². The second-order valence-corrected chi connectivity index (χ2v) is 6.65. The number of rotatable bonds is 5. The monoisotopic (exact) mass is 256 g/mol. The van der Waals surface area contributed by atoms with Gasteiger partial charge in [-0.15, -0.1) is 0 Å². The third-order valence-electron chi connectivity index (χ3n) is 4.20. The minimum atomic E-state index is -0.846. The third kappa shape index (κ3) is 3.12. The summed E-state index contributed by atoms with van der Waals surface area (Å²) in [5.41, 5.74) is -0.759. The molecule has 18 heavy (non-hydrogen) atoms. The van der Waals surface area contributed by atoms with Crippen LogP contribution in [0.5, 0.6) is 0 Å². The van der Waals surface area contributed by atoms with E-state index in [4.69, 9.17) is 4.74 Å². The Balaban J connectivity index is 2.84. The number of hydrogen-bond donors (Lipinski definition) is 1. The van der Waals surface area contributed by atoms with Crippen LogP contribution in [0.4, 0.5) is 0 Å². The number of carbonyl (C=O) groups excluding carboxylic acids is 1. The molecule has 0 aromatic heterocycles.